The Morgan fingerprint density at radius 1 is 1.58 bits per heavy atom. The Bertz CT molecular complexity index is 292. The highest BCUT2D eigenvalue weighted by molar-refractivity contribution is 6.32. The second kappa shape index (κ2) is 2.98. The van der Waals surface area contributed by atoms with E-state index in [1.807, 2.05) is 12.1 Å². The third kappa shape index (κ3) is 1.42. The van der Waals surface area contributed by atoms with Crippen molar-refractivity contribution in [2.24, 2.45) is 0 Å². The zero-order valence-electron chi connectivity index (χ0n) is 6.93. The number of hydrogen-bond acceptors (Lipinski definition) is 1. The van der Waals surface area contributed by atoms with Crippen LogP contribution in [0.4, 0.5) is 0 Å². The molecule has 1 aromatic carbocycles. The highest BCUT2D eigenvalue weighted by Crippen LogP contribution is 2.41. The molecule has 63 valence electrons. The van der Waals surface area contributed by atoms with E-state index in [1.54, 1.807) is 7.11 Å². The van der Waals surface area contributed by atoms with E-state index < -0.39 is 0 Å². The second-order valence-electron chi connectivity index (χ2n) is 3.08. The van der Waals surface area contributed by atoms with Gasteiger partial charge < -0.3 is 4.74 Å². The standard InChI is InChI=1S/C10H10ClO/c1-12-10-5-4-8(6-9(10)11)7-2-3-7/h5-7H,2-3H2,1H3. The van der Waals surface area contributed by atoms with Crippen molar-refractivity contribution in [3.63, 3.8) is 0 Å². The predicted octanol–water partition coefficient (Wildman–Crippen LogP) is 3.03. The van der Waals surface area contributed by atoms with Crippen LogP contribution in [0.5, 0.6) is 5.75 Å². The normalized spacial score (nSPS) is 16.2. The zero-order chi connectivity index (χ0) is 8.55. The van der Waals surface area contributed by atoms with E-state index in [0.29, 0.717) is 16.7 Å². The van der Waals surface area contributed by atoms with Crippen LogP contribution in [0, 0.1) is 6.07 Å². The van der Waals surface area contributed by atoms with E-state index >= 15 is 0 Å². The van der Waals surface area contributed by atoms with Gasteiger partial charge in [0, 0.05) is 0 Å². The third-order valence-corrected chi connectivity index (χ3v) is 2.42. The maximum absolute atomic E-state index is 5.96. The van der Waals surface area contributed by atoms with Crippen LogP contribution in [0.1, 0.15) is 24.3 Å². The summed E-state index contributed by atoms with van der Waals surface area (Å²) in [6.45, 7) is 0. The lowest BCUT2D eigenvalue weighted by molar-refractivity contribution is 0.415. The molecule has 0 N–H and O–H groups in total. The van der Waals surface area contributed by atoms with Gasteiger partial charge in [-0.2, -0.15) is 0 Å². The van der Waals surface area contributed by atoms with Gasteiger partial charge >= 0.3 is 0 Å². The molecule has 0 unspecified atom stereocenters. The molecule has 1 nitrogen and oxygen atoms in total. The molecule has 1 aromatic rings. The number of ether oxygens (including phenoxy) is 1. The van der Waals surface area contributed by atoms with Crippen LogP contribution in [0.2, 0.25) is 5.02 Å². The van der Waals surface area contributed by atoms with Gasteiger partial charge in [0.1, 0.15) is 5.75 Å². The van der Waals surface area contributed by atoms with Gasteiger partial charge in [-0.1, -0.05) is 11.6 Å². The van der Waals surface area contributed by atoms with Crippen molar-refractivity contribution in [3.8, 4) is 5.75 Å². The number of benzene rings is 1. The van der Waals surface area contributed by atoms with Crippen LogP contribution in [-0.2, 0) is 0 Å². The van der Waals surface area contributed by atoms with Gasteiger partial charge in [0.15, 0.2) is 0 Å². The Labute approximate surface area is 77.3 Å². The number of methoxy groups -OCH3 is 1. The average molecular weight is 182 g/mol. The minimum absolute atomic E-state index is 0.693. The summed E-state index contributed by atoms with van der Waals surface area (Å²) in [6, 6.07) is 6.95. The summed E-state index contributed by atoms with van der Waals surface area (Å²) in [5.41, 5.74) is 1.22. The minimum atomic E-state index is 0.693. The third-order valence-electron chi connectivity index (χ3n) is 2.12. The molecule has 1 aliphatic carbocycles. The minimum Gasteiger partial charge on any atom is -0.495 e. The molecule has 0 atom stereocenters. The fourth-order valence-corrected chi connectivity index (χ4v) is 1.50. The van der Waals surface area contributed by atoms with E-state index in [9.17, 15) is 0 Å². The fraction of sp³-hybridized carbons (Fsp3) is 0.400. The van der Waals surface area contributed by atoms with Crippen LogP contribution < -0.4 is 4.74 Å². The summed E-state index contributed by atoms with van der Waals surface area (Å²) >= 11 is 5.96. The van der Waals surface area contributed by atoms with Gasteiger partial charge in [-0.25, -0.2) is 0 Å². The molecule has 2 rings (SSSR count). The van der Waals surface area contributed by atoms with Crippen LogP contribution in [0.3, 0.4) is 0 Å². The first-order valence-electron chi connectivity index (χ1n) is 4.06. The first-order valence-corrected chi connectivity index (χ1v) is 4.44. The molecule has 0 amide bonds. The first-order chi connectivity index (χ1) is 5.81. The average Bonchev–Trinajstić information content (AvgIpc) is 2.86. The molecular weight excluding hydrogens is 172 g/mol. The fourth-order valence-electron chi connectivity index (χ4n) is 1.25. The van der Waals surface area contributed by atoms with Crippen molar-refractivity contribution in [1.82, 2.24) is 0 Å². The molecule has 2 heteroatoms. The lowest BCUT2D eigenvalue weighted by atomic mass is 10.1. The van der Waals surface area contributed by atoms with E-state index in [4.69, 9.17) is 16.3 Å². The smallest absolute Gasteiger partial charge is 0.138 e. The molecular formula is C10H10ClO. The van der Waals surface area contributed by atoms with E-state index in [2.05, 4.69) is 6.07 Å². The zero-order valence-corrected chi connectivity index (χ0v) is 7.69. The van der Waals surface area contributed by atoms with Crippen LogP contribution in [-0.4, -0.2) is 7.11 Å². The Kier molecular flexibility index (Phi) is 1.97. The number of hydrogen-bond donors (Lipinski definition) is 0. The predicted molar refractivity (Wildman–Crippen MR) is 48.8 cm³/mol. The van der Waals surface area contributed by atoms with Crippen LogP contribution >= 0.6 is 11.6 Å². The lowest BCUT2D eigenvalue weighted by Gasteiger charge is -2.03. The molecule has 0 spiro atoms. The summed E-state index contributed by atoms with van der Waals surface area (Å²) in [7, 11) is 1.62. The van der Waals surface area contributed by atoms with Crippen molar-refractivity contribution >= 4 is 11.6 Å². The number of rotatable bonds is 2. The largest absolute Gasteiger partial charge is 0.495 e. The second-order valence-corrected chi connectivity index (χ2v) is 3.49. The van der Waals surface area contributed by atoms with Crippen molar-refractivity contribution < 1.29 is 4.74 Å². The molecule has 0 bridgehead atoms. The van der Waals surface area contributed by atoms with Gasteiger partial charge in [0.2, 0.25) is 0 Å². The van der Waals surface area contributed by atoms with Gasteiger partial charge in [-0.3, -0.25) is 0 Å². The Hall–Kier alpha value is -0.690. The molecule has 0 saturated heterocycles. The summed E-state index contributed by atoms with van der Waals surface area (Å²) in [6.07, 6.45) is 2.55. The maximum Gasteiger partial charge on any atom is 0.138 e. The maximum atomic E-state index is 5.96. The molecule has 0 aromatic heterocycles. The molecule has 0 aliphatic heterocycles. The monoisotopic (exact) mass is 181 g/mol. The van der Waals surface area contributed by atoms with Gasteiger partial charge in [-0.15, -0.1) is 0 Å². The molecule has 1 fully saturated rings. The lowest BCUT2D eigenvalue weighted by Crippen LogP contribution is -1.86. The van der Waals surface area contributed by atoms with Crippen molar-refractivity contribution in [2.45, 2.75) is 18.8 Å². The molecule has 1 saturated carbocycles. The summed E-state index contributed by atoms with van der Waals surface area (Å²) in [4.78, 5) is 0. The molecule has 1 radical (unpaired) electrons. The van der Waals surface area contributed by atoms with Crippen molar-refractivity contribution in [1.29, 1.82) is 0 Å². The topological polar surface area (TPSA) is 9.23 Å². The van der Waals surface area contributed by atoms with Gasteiger partial charge in [-0.05, 0) is 42.5 Å². The van der Waals surface area contributed by atoms with Crippen LogP contribution in [0.25, 0.3) is 0 Å². The Balaban J connectivity index is 2.30. The van der Waals surface area contributed by atoms with Gasteiger partial charge in [0.05, 0.1) is 12.1 Å². The summed E-state index contributed by atoms with van der Waals surface area (Å²) in [5.74, 6) is 1.41. The SMILES string of the molecule is COc1c[c]c(C2CC2)cc1Cl. The van der Waals surface area contributed by atoms with Crippen LogP contribution in [0.15, 0.2) is 12.1 Å². The van der Waals surface area contributed by atoms with Crippen molar-refractivity contribution in [2.75, 3.05) is 7.11 Å². The first kappa shape index (κ1) is 7.93. The van der Waals surface area contributed by atoms with E-state index in [-0.39, 0.29) is 0 Å². The summed E-state index contributed by atoms with van der Waals surface area (Å²) in [5, 5.41) is 0.693. The van der Waals surface area contributed by atoms with Crippen molar-refractivity contribution in [3.05, 3.63) is 28.8 Å². The Morgan fingerprint density at radius 2 is 2.33 bits per heavy atom. The number of halogens is 1. The van der Waals surface area contributed by atoms with Gasteiger partial charge in [0.25, 0.3) is 0 Å². The Morgan fingerprint density at radius 3 is 2.83 bits per heavy atom. The highest BCUT2D eigenvalue weighted by atomic mass is 35.5. The van der Waals surface area contributed by atoms with E-state index in [0.717, 1.165) is 0 Å². The highest BCUT2D eigenvalue weighted by Gasteiger charge is 2.24. The molecule has 12 heavy (non-hydrogen) atoms. The molecule has 0 heterocycles. The molecule has 1 aliphatic rings. The quantitative estimate of drug-likeness (QED) is 0.682. The van der Waals surface area contributed by atoms with E-state index in [1.165, 1.54) is 18.4 Å². The summed E-state index contributed by atoms with van der Waals surface area (Å²) < 4.78 is 5.04.